The maximum Gasteiger partial charge on any atom is 0.408 e. The van der Waals surface area contributed by atoms with E-state index >= 15 is 0 Å². The Labute approximate surface area is 243 Å². The standard InChI is InChI=1S/C32H43N3O6/c1-7-40-27(36)17-18-33-29(37)28(25-16-13-21(2)19-22(25)3)35(24-14-15-24)30(38)26(20-23-11-9-8-10-12-23)34-31(39)41-32(4,5)6/h8-13,16,19,24,26,28H,7,14-15,17-18,20H2,1-6H3,(H,33,37)(H,34,39). The second-order valence-electron chi connectivity index (χ2n) is 11.5. The van der Waals surface area contributed by atoms with Crippen LogP contribution in [-0.4, -0.2) is 59.6 Å². The molecule has 222 valence electrons. The number of nitrogens with one attached hydrogen (secondary N) is 2. The lowest BCUT2D eigenvalue weighted by atomic mass is 9.95. The van der Waals surface area contributed by atoms with Crippen molar-refractivity contribution in [2.45, 2.75) is 91.0 Å². The van der Waals surface area contributed by atoms with E-state index in [1.165, 1.54) is 0 Å². The van der Waals surface area contributed by atoms with Crippen molar-refractivity contribution in [1.29, 1.82) is 0 Å². The molecule has 3 amide bonds. The van der Waals surface area contributed by atoms with E-state index in [1.54, 1.807) is 32.6 Å². The fourth-order valence-electron chi connectivity index (χ4n) is 4.72. The van der Waals surface area contributed by atoms with Gasteiger partial charge in [0, 0.05) is 19.0 Å². The van der Waals surface area contributed by atoms with Crippen LogP contribution in [0.4, 0.5) is 4.79 Å². The number of amides is 3. The molecule has 3 rings (SSSR count). The van der Waals surface area contributed by atoms with Gasteiger partial charge < -0.3 is 25.0 Å². The molecule has 0 spiro atoms. The first-order valence-electron chi connectivity index (χ1n) is 14.3. The van der Waals surface area contributed by atoms with Gasteiger partial charge in [-0.15, -0.1) is 0 Å². The predicted molar refractivity (Wildman–Crippen MR) is 156 cm³/mol. The SMILES string of the molecule is CCOC(=O)CCNC(=O)C(c1ccc(C)cc1C)N(C(=O)C(Cc1ccccc1)NC(=O)OC(C)(C)C)C1CC1. The lowest BCUT2D eigenvalue weighted by Crippen LogP contribution is -2.54. The summed E-state index contributed by atoms with van der Waals surface area (Å²) in [6.45, 7) is 11.2. The minimum absolute atomic E-state index is 0.0212. The summed E-state index contributed by atoms with van der Waals surface area (Å²) in [7, 11) is 0. The minimum Gasteiger partial charge on any atom is -0.466 e. The van der Waals surface area contributed by atoms with E-state index in [-0.39, 0.29) is 37.9 Å². The van der Waals surface area contributed by atoms with Gasteiger partial charge in [-0.3, -0.25) is 14.4 Å². The fourth-order valence-corrected chi connectivity index (χ4v) is 4.72. The Balaban J connectivity index is 1.97. The number of esters is 1. The smallest absolute Gasteiger partial charge is 0.408 e. The van der Waals surface area contributed by atoms with Crippen molar-refractivity contribution in [3.8, 4) is 0 Å². The van der Waals surface area contributed by atoms with E-state index in [9.17, 15) is 19.2 Å². The zero-order valence-corrected chi connectivity index (χ0v) is 25.0. The molecule has 0 aromatic heterocycles. The third kappa shape index (κ3) is 9.62. The molecule has 0 radical (unpaired) electrons. The van der Waals surface area contributed by atoms with E-state index in [1.807, 2.05) is 62.4 Å². The highest BCUT2D eigenvalue weighted by molar-refractivity contribution is 5.93. The molecule has 2 N–H and O–H groups in total. The summed E-state index contributed by atoms with van der Waals surface area (Å²) < 4.78 is 10.5. The normalized spacial score (nSPS) is 14.4. The Hall–Kier alpha value is -3.88. The number of ether oxygens (including phenoxy) is 2. The van der Waals surface area contributed by atoms with Crippen LogP contribution in [0.15, 0.2) is 48.5 Å². The van der Waals surface area contributed by atoms with Crippen molar-refractivity contribution >= 4 is 23.9 Å². The van der Waals surface area contributed by atoms with Crippen molar-refractivity contribution < 1.29 is 28.7 Å². The van der Waals surface area contributed by atoms with Crippen LogP contribution in [0, 0.1) is 13.8 Å². The first-order chi connectivity index (χ1) is 19.4. The zero-order chi connectivity index (χ0) is 30.2. The topological polar surface area (TPSA) is 114 Å². The number of aryl methyl sites for hydroxylation is 2. The Kier molecular flexibility index (Phi) is 10.9. The summed E-state index contributed by atoms with van der Waals surface area (Å²) in [6.07, 6.45) is 1.03. The molecule has 0 heterocycles. The molecular weight excluding hydrogens is 522 g/mol. The average molecular weight is 566 g/mol. The monoisotopic (exact) mass is 565 g/mol. The number of benzene rings is 2. The highest BCUT2D eigenvalue weighted by Gasteiger charge is 2.44. The number of carbonyl (C=O) groups excluding carboxylic acids is 4. The first kappa shape index (κ1) is 31.6. The molecule has 1 fully saturated rings. The highest BCUT2D eigenvalue weighted by atomic mass is 16.6. The maximum absolute atomic E-state index is 14.4. The molecule has 1 saturated carbocycles. The van der Waals surface area contributed by atoms with Crippen LogP contribution in [-0.2, 0) is 30.3 Å². The van der Waals surface area contributed by atoms with Gasteiger partial charge in [-0.2, -0.15) is 0 Å². The van der Waals surface area contributed by atoms with Gasteiger partial charge in [0.1, 0.15) is 17.7 Å². The number of hydrogen-bond acceptors (Lipinski definition) is 6. The Morgan fingerprint density at radius 3 is 2.29 bits per heavy atom. The molecule has 2 aromatic rings. The van der Waals surface area contributed by atoms with E-state index in [0.717, 1.165) is 29.5 Å². The molecule has 0 aliphatic heterocycles. The van der Waals surface area contributed by atoms with E-state index in [4.69, 9.17) is 9.47 Å². The molecule has 1 aliphatic rings. The van der Waals surface area contributed by atoms with Crippen LogP contribution < -0.4 is 10.6 Å². The van der Waals surface area contributed by atoms with Gasteiger partial charge >= 0.3 is 12.1 Å². The fraction of sp³-hybridized carbons (Fsp3) is 0.500. The largest absolute Gasteiger partial charge is 0.466 e. The number of rotatable bonds is 12. The lowest BCUT2D eigenvalue weighted by molar-refractivity contribution is -0.144. The molecule has 9 nitrogen and oxygen atoms in total. The van der Waals surface area contributed by atoms with Crippen molar-refractivity contribution in [3.05, 3.63) is 70.8 Å². The third-order valence-electron chi connectivity index (χ3n) is 6.65. The van der Waals surface area contributed by atoms with Gasteiger partial charge in [-0.25, -0.2) is 4.79 Å². The summed E-state index contributed by atoms with van der Waals surface area (Å²) in [5.41, 5.74) is 2.71. The van der Waals surface area contributed by atoms with Crippen LogP contribution in [0.25, 0.3) is 0 Å². The van der Waals surface area contributed by atoms with Crippen LogP contribution in [0.5, 0.6) is 0 Å². The Morgan fingerprint density at radius 1 is 1.02 bits per heavy atom. The minimum atomic E-state index is -0.964. The maximum atomic E-state index is 14.4. The van der Waals surface area contributed by atoms with Crippen molar-refractivity contribution in [3.63, 3.8) is 0 Å². The van der Waals surface area contributed by atoms with Crippen molar-refractivity contribution in [1.82, 2.24) is 15.5 Å². The average Bonchev–Trinajstić information content (AvgIpc) is 3.72. The van der Waals surface area contributed by atoms with Gasteiger partial charge in [-0.1, -0.05) is 54.1 Å². The predicted octanol–water partition coefficient (Wildman–Crippen LogP) is 4.54. The number of alkyl carbamates (subject to hydrolysis) is 1. The van der Waals surface area contributed by atoms with Gasteiger partial charge in [-0.05, 0) is 71.1 Å². The molecule has 1 aliphatic carbocycles. The van der Waals surface area contributed by atoms with Gasteiger partial charge in [0.15, 0.2) is 0 Å². The number of carbonyl (C=O) groups is 4. The van der Waals surface area contributed by atoms with Crippen molar-refractivity contribution in [2.24, 2.45) is 0 Å². The van der Waals surface area contributed by atoms with E-state index in [0.29, 0.717) is 5.56 Å². The first-order valence-corrected chi connectivity index (χ1v) is 14.3. The quantitative estimate of drug-likeness (QED) is 0.365. The van der Waals surface area contributed by atoms with Crippen molar-refractivity contribution in [2.75, 3.05) is 13.2 Å². The van der Waals surface area contributed by atoms with Crippen LogP contribution in [0.2, 0.25) is 0 Å². The molecule has 2 atom stereocenters. The highest BCUT2D eigenvalue weighted by Crippen LogP contribution is 2.37. The van der Waals surface area contributed by atoms with E-state index < -0.39 is 35.7 Å². The molecule has 2 unspecified atom stereocenters. The van der Waals surface area contributed by atoms with Gasteiger partial charge in [0.05, 0.1) is 13.0 Å². The number of hydrogen-bond donors (Lipinski definition) is 2. The summed E-state index contributed by atoms with van der Waals surface area (Å²) in [5, 5.41) is 5.63. The van der Waals surface area contributed by atoms with Gasteiger partial charge in [0.25, 0.3) is 0 Å². The summed E-state index contributed by atoms with van der Waals surface area (Å²) in [6, 6.07) is 13.1. The summed E-state index contributed by atoms with van der Waals surface area (Å²) >= 11 is 0. The van der Waals surface area contributed by atoms with E-state index in [2.05, 4.69) is 10.6 Å². The summed E-state index contributed by atoms with van der Waals surface area (Å²) in [5.74, 6) is -1.17. The molecule has 2 aromatic carbocycles. The second-order valence-corrected chi connectivity index (χ2v) is 11.5. The Morgan fingerprint density at radius 2 is 1.71 bits per heavy atom. The lowest BCUT2D eigenvalue weighted by Gasteiger charge is -2.35. The second kappa shape index (κ2) is 14.1. The molecule has 41 heavy (non-hydrogen) atoms. The van der Waals surface area contributed by atoms with Gasteiger partial charge in [0.2, 0.25) is 11.8 Å². The summed E-state index contributed by atoms with van der Waals surface area (Å²) in [4.78, 5) is 54.6. The van der Waals surface area contributed by atoms with Crippen LogP contribution in [0.1, 0.15) is 75.3 Å². The molecule has 9 heteroatoms. The molecule has 0 bridgehead atoms. The third-order valence-corrected chi connectivity index (χ3v) is 6.65. The zero-order valence-electron chi connectivity index (χ0n) is 25.0. The molecule has 0 saturated heterocycles. The van der Waals surface area contributed by atoms with Crippen LogP contribution in [0.3, 0.4) is 0 Å². The molecular formula is C32H43N3O6. The number of nitrogens with zero attached hydrogens (tertiary/aromatic N) is 1. The Bertz CT molecular complexity index is 1220. The van der Waals surface area contributed by atoms with Crippen LogP contribution >= 0.6 is 0 Å².